The number of hydrogen-bond donors (Lipinski definition) is 2. The quantitative estimate of drug-likeness (QED) is 0.746. The lowest BCUT2D eigenvalue weighted by molar-refractivity contribution is -0.120. The van der Waals surface area contributed by atoms with Crippen LogP contribution in [0.2, 0.25) is 0 Å². The summed E-state index contributed by atoms with van der Waals surface area (Å²) in [6.07, 6.45) is 7.11. The molecule has 0 radical (unpaired) electrons. The van der Waals surface area contributed by atoms with Gasteiger partial charge in [-0.25, -0.2) is 0 Å². The maximum atomic E-state index is 11.7. The molecule has 0 aromatic carbocycles. The van der Waals surface area contributed by atoms with E-state index < -0.39 is 0 Å². The lowest BCUT2D eigenvalue weighted by Gasteiger charge is -2.19. The van der Waals surface area contributed by atoms with Gasteiger partial charge in [0, 0.05) is 5.92 Å². The Hall–Kier alpha value is -1.39. The monoisotopic (exact) mass is 194 g/mol. The van der Waals surface area contributed by atoms with Gasteiger partial charge in [0.1, 0.15) is 0 Å². The predicted molar refractivity (Wildman–Crippen MR) is 51.6 cm³/mol. The predicted octanol–water partition coefficient (Wildman–Crippen LogP) is 1.32. The van der Waals surface area contributed by atoms with Crippen LogP contribution < -0.4 is 5.32 Å². The highest BCUT2D eigenvalue weighted by atomic mass is 16.2. The van der Waals surface area contributed by atoms with E-state index in [0.29, 0.717) is 5.82 Å². The molecule has 0 unspecified atom stereocenters. The van der Waals surface area contributed by atoms with Crippen molar-refractivity contribution in [2.45, 2.75) is 32.1 Å². The van der Waals surface area contributed by atoms with Crippen molar-refractivity contribution in [3.63, 3.8) is 0 Å². The van der Waals surface area contributed by atoms with Crippen molar-refractivity contribution in [3.05, 3.63) is 6.20 Å². The Kier molecular flexibility index (Phi) is 2.76. The summed E-state index contributed by atoms with van der Waals surface area (Å²) in [5.41, 5.74) is 0. The first-order valence-corrected chi connectivity index (χ1v) is 5.03. The molecule has 0 saturated heterocycles. The summed E-state index contributed by atoms with van der Waals surface area (Å²) in [5, 5.41) is 12.6. The van der Waals surface area contributed by atoms with Crippen molar-refractivity contribution < 1.29 is 4.79 Å². The van der Waals surface area contributed by atoms with Gasteiger partial charge in [-0.05, 0) is 12.8 Å². The van der Waals surface area contributed by atoms with Crippen LogP contribution in [0.3, 0.4) is 0 Å². The van der Waals surface area contributed by atoms with E-state index in [4.69, 9.17) is 0 Å². The van der Waals surface area contributed by atoms with Gasteiger partial charge in [0.2, 0.25) is 5.91 Å². The summed E-state index contributed by atoms with van der Waals surface area (Å²) in [7, 11) is 0. The minimum absolute atomic E-state index is 0.0820. The van der Waals surface area contributed by atoms with Crippen molar-refractivity contribution in [1.29, 1.82) is 0 Å². The molecule has 76 valence electrons. The van der Waals surface area contributed by atoms with Crippen LogP contribution in [0, 0.1) is 5.92 Å². The number of hydrogen-bond acceptors (Lipinski definition) is 3. The lowest BCUT2D eigenvalue weighted by Crippen LogP contribution is -2.24. The number of aromatic nitrogens is 3. The van der Waals surface area contributed by atoms with E-state index in [1.165, 1.54) is 12.6 Å². The molecule has 0 atom stereocenters. The highest BCUT2D eigenvalue weighted by molar-refractivity contribution is 5.91. The van der Waals surface area contributed by atoms with Crippen LogP contribution in [0.15, 0.2) is 6.20 Å². The first-order valence-electron chi connectivity index (χ1n) is 5.03. The van der Waals surface area contributed by atoms with Crippen LogP contribution in [0.4, 0.5) is 5.82 Å². The molecule has 1 aromatic rings. The molecule has 1 fully saturated rings. The van der Waals surface area contributed by atoms with Gasteiger partial charge in [0.05, 0.1) is 6.20 Å². The number of anilines is 1. The number of amides is 1. The van der Waals surface area contributed by atoms with E-state index in [1.807, 2.05) is 0 Å². The molecule has 0 spiro atoms. The van der Waals surface area contributed by atoms with Crippen LogP contribution in [0.1, 0.15) is 32.1 Å². The lowest BCUT2D eigenvalue weighted by atomic mass is 9.89. The highest BCUT2D eigenvalue weighted by Gasteiger charge is 2.21. The number of nitrogens with one attached hydrogen (secondary N) is 2. The van der Waals surface area contributed by atoms with Crippen molar-refractivity contribution >= 4 is 11.7 Å². The Morgan fingerprint density at radius 2 is 2.21 bits per heavy atom. The molecule has 2 N–H and O–H groups in total. The van der Waals surface area contributed by atoms with Gasteiger partial charge in [-0.1, -0.05) is 19.3 Å². The van der Waals surface area contributed by atoms with Gasteiger partial charge in [0.25, 0.3) is 0 Å². The smallest absolute Gasteiger partial charge is 0.228 e. The summed E-state index contributed by atoms with van der Waals surface area (Å²) in [6, 6.07) is 0. The third kappa shape index (κ3) is 2.10. The number of nitrogens with zero attached hydrogens (tertiary/aromatic N) is 2. The molecule has 2 rings (SSSR count). The molecule has 5 nitrogen and oxygen atoms in total. The topological polar surface area (TPSA) is 70.7 Å². The third-order valence-corrected chi connectivity index (χ3v) is 2.64. The fourth-order valence-electron chi connectivity index (χ4n) is 1.85. The van der Waals surface area contributed by atoms with E-state index in [9.17, 15) is 4.79 Å². The zero-order chi connectivity index (χ0) is 9.80. The second kappa shape index (κ2) is 4.21. The zero-order valence-electron chi connectivity index (χ0n) is 7.99. The Labute approximate surface area is 82.3 Å². The van der Waals surface area contributed by atoms with Crippen LogP contribution in [-0.2, 0) is 4.79 Å². The van der Waals surface area contributed by atoms with E-state index in [1.54, 1.807) is 0 Å². The first kappa shape index (κ1) is 9.18. The Bertz CT molecular complexity index is 290. The summed E-state index contributed by atoms with van der Waals surface area (Å²) < 4.78 is 0. The largest absolute Gasteiger partial charge is 0.308 e. The number of aromatic amines is 1. The first-order chi connectivity index (χ1) is 6.86. The second-order valence-electron chi connectivity index (χ2n) is 3.68. The van der Waals surface area contributed by atoms with E-state index in [2.05, 4.69) is 20.7 Å². The Balaban J connectivity index is 1.88. The maximum Gasteiger partial charge on any atom is 0.228 e. The number of H-pyrrole nitrogens is 1. The fourth-order valence-corrected chi connectivity index (χ4v) is 1.85. The van der Waals surface area contributed by atoms with Gasteiger partial charge in [-0.3, -0.25) is 4.79 Å². The van der Waals surface area contributed by atoms with Crippen LogP contribution in [0.5, 0.6) is 0 Å². The van der Waals surface area contributed by atoms with E-state index >= 15 is 0 Å². The summed E-state index contributed by atoms with van der Waals surface area (Å²) >= 11 is 0. The van der Waals surface area contributed by atoms with E-state index in [-0.39, 0.29) is 11.8 Å². The number of carbonyl (C=O) groups excluding carboxylic acids is 1. The number of rotatable bonds is 2. The average molecular weight is 194 g/mol. The molecule has 1 heterocycles. The van der Waals surface area contributed by atoms with Crippen molar-refractivity contribution in [2.24, 2.45) is 5.92 Å². The van der Waals surface area contributed by atoms with Crippen molar-refractivity contribution in [2.75, 3.05) is 5.32 Å². The molecule has 5 heteroatoms. The molecule has 1 aliphatic rings. The van der Waals surface area contributed by atoms with Gasteiger partial charge in [0.15, 0.2) is 5.82 Å². The summed E-state index contributed by atoms with van der Waals surface area (Å²) in [6.45, 7) is 0. The molecule has 0 bridgehead atoms. The zero-order valence-corrected chi connectivity index (χ0v) is 7.99. The van der Waals surface area contributed by atoms with Crippen LogP contribution in [-0.4, -0.2) is 21.3 Å². The van der Waals surface area contributed by atoms with Gasteiger partial charge in [-0.15, -0.1) is 5.10 Å². The van der Waals surface area contributed by atoms with Crippen LogP contribution >= 0.6 is 0 Å². The molecule has 0 aliphatic heterocycles. The minimum Gasteiger partial charge on any atom is -0.308 e. The second-order valence-corrected chi connectivity index (χ2v) is 3.68. The number of carbonyl (C=O) groups is 1. The third-order valence-electron chi connectivity index (χ3n) is 2.64. The standard InChI is InChI=1S/C9H14N4O/c14-9(7-4-2-1-3-5-7)11-8-6-10-13-12-8/h6-7H,1-5H2,(H2,10,11,12,13,14). The van der Waals surface area contributed by atoms with Crippen molar-refractivity contribution in [1.82, 2.24) is 15.4 Å². The molecule has 14 heavy (non-hydrogen) atoms. The average Bonchev–Trinajstić information content (AvgIpc) is 2.72. The molecule has 1 aromatic heterocycles. The van der Waals surface area contributed by atoms with E-state index in [0.717, 1.165) is 25.7 Å². The Morgan fingerprint density at radius 1 is 1.43 bits per heavy atom. The molecule has 1 amide bonds. The fraction of sp³-hybridized carbons (Fsp3) is 0.667. The van der Waals surface area contributed by atoms with Gasteiger partial charge in [-0.2, -0.15) is 10.3 Å². The molecular weight excluding hydrogens is 180 g/mol. The maximum absolute atomic E-state index is 11.7. The summed E-state index contributed by atoms with van der Waals surface area (Å²) in [5.74, 6) is 0.764. The van der Waals surface area contributed by atoms with Gasteiger partial charge >= 0.3 is 0 Å². The SMILES string of the molecule is O=C(Nc1cn[nH]n1)C1CCCCC1. The normalized spacial score (nSPS) is 18.0. The van der Waals surface area contributed by atoms with Gasteiger partial charge < -0.3 is 5.32 Å². The Morgan fingerprint density at radius 3 is 2.86 bits per heavy atom. The minimum atomic E-state index is 0.0820. The highest BCUT2D eigenvalue weighted by Crippen LogP contribution is 2.24. The summed E-state index contributed by atoms with van der Waals surface area (Å²) in [4.78, 5) is 11.7. The molecule has 1 saturated carbocycles. The molecule has 1 aliphatic carbocycles. The van der Waals surface area contributed by atoms with Crippen LogP contribution in [0.25, 0.3) is 0 Å². The van der Waals surface area contributed by atoms with Crippen molar-refractivity contribution in [3.8, 4) is 0 Å². The molecular formula is C9H14N4O.